The van der Waals surface area contributed by atoms with E-state index < -0.39 is 0 Å². The summed E-state index contributed by atoms with van der Waals surface area (Å²) in [6.07, 6.45) is 3.02. The molecule has 0 radical (unpaired) electrons. The molecule has 1 fully saturated rings. The predicted molar refractivity (Wildman–Crippen MR) is 95.7 cm³/mol. The molecular weight excluding hydrogens is 332 g/mol. The lowest BCUT2D eigenvalue weighted by atomic mass is 10.0. The predicted octanol–water partition coefficient (Wildman–Crippen LogP) is 2.29. The number of amides is 1. The van der Waals surface area contributed by atoms with Gasteiger partial charge >= 0.3 is 0 Å². The number of pyridine rings is 1. The average Bonchev–Trinajstić information content (AvgIpc) is 3.13. The van der Waals surface area contributed by atoms with Gasteiger partial charge in [0.1, 0.15) is 17.6 Å². The molecule has 0 spiro atoms. The highest BCUT2D eigenvalue weighted by Gasteiger charge is 2.29. The molecule has 6 nitrogen and oxygen atoms in total. The molecule has 4 rings (SSSR count). The summed E-state index contributed by atoms with van der Waals surface area (Å²) in [5.41, 5.74) is 2.67. The highest BCUT2D eigenvalue weighted by molar-refractivity contribution is 5.94. The van der Waals surface area contributed by atoms with Crippen LogP contribution in [0.25, 0.3) is 0 Å². The maximum absolute atomic E-state index is 12.7. The lowest BCUT2D eigenvalue weighted by Gasteiger charge is -2.32. The van der Waals surface area contributed by atoms with Crippen LogP contribution in [0.15, 0.2) is 36.5 Å². The normalized spacial score (nSPS) is 21.6. The molecule has 2 atom stereocenters. The van der Waals surface area contributed by atoms with Crippen molar-refractivity contribution in [2.24, 2.45) is 0 Å². The summed E-state index contributed by atoms with van der Waals surface area (Å²) < 4.78 is 17.1. The number of benzene rings is 1. The number of carbonyl (C=O) groups is 1. The number of carbonyl (C=O) groups excluding carboxylic acids is 1. The molecule has 1 aromatic carbocycles. The van der Waals surface area contributed by atoms with Gasteiger partial charge < -0.3 is 19.5 Å². The van der Waals surface area contributed by atoms with Crippen LogP contribution in [-0.2, 0) is 11.2 Å². The molecule has 3 heterocycles. The number of fused-ring (bicyclic) bond motifs is 1. The van der Waals surface area contributed by atoms with Gasteiger partial charge in [0.05, 0.1) is 25.5 Å². The fourth-order valence-electron chi connectivity index (χ4n) is 3.27. The molecule has 136 valence electrons. The Morgan fingerprint density at radius 2 is 2.19 bits per heavy atom. The first-order valence-electron chi connectivity index (χ1n) is 8.93. The Balaban J connectivity index is 1.44. The van der Waals surface area contributed by atoms with E-state index in [0.29, 0.717) is 37.6 Å². The first-order valence-corrected chi connectivity index (χ1v) is 8.93. The van der Waals surface area contributed by atoms with E-state index in [1.807, 2.05) is 31.2 Å². The van der Waals surface area contributed by atoms with Crippen molar-refractivity contribution in [2.45, 2.75) is 31.9 Å². The zero-order valence-corrected chi connectivity index (χ0v) is 14.7. The second-order valence-corrected chi connectivity index (χ2v) is 6.66. The van der Waals surface area contributed by atoms with Crippen LogP contribution in [-0.4, -0.2) is 42.9 Å². The van der Waals surface area contributed by atoms with Crippen molar-refractivity contribution >= 4 is 5.91 Å². The van der Waals surface area contributed by atoms with Crippen molar-refractivity contribution in [2.75, 3.05) is 19.8 Å². The third-order valence-corrected chi connectivity index (χ3v) is 4.74. The smallest absolute Gasteiger partial charge is 0.251 e. The third kappa shape index (κ3) is 3.65. The fraction of sp³-hybridized carbons (Fsp3) is 0.400. The highest BCUT2D eigenvalue weighted by atomic mass is 16.5. The molecule has 2 aliphatic rings. The third-order valence-electron chi connectivity index (χ3n) is 4.74. The standard InChI is InChI=1S/C20H22N2O4/c1-13-2-4-16(11-21-13)26-19-12-24-8-7-17(19)22-20(23)15-3-5-18-14(10-15)6-9-25-18/h2-5,10-11,17,19H,6-9,12H2,1H3,(H,22,23)/t17-,19+/m1/s1. The van der Waals surface area contributed by atoms with Crippen LogP contribution in [0.3, 0.4) is 0 Å². The number of ether oxygens (including phenoxy) is 3. The first-order chi connectivity index (χ1) is 12.7. The van der Waals surface area contributed by atoms with Gasteiger partial charge in [0.25, 0.3) is 5.91 Å². The number of aromatic nitrogens is 1. The van der Waals surface area contributed by atoms with E-state index in [4.69, 9.17) is 14.2 Å². The first kappa shape index (κ1) is 16.8. The van der Waals surface area contributed by atoms with Gasteiger partial charge in [-0.1, -0.05) is 0 Å². The summed E-state index contributed by atoms with van der Waals surface area (Å²) in [4.78, 5) is 16.9. The van der Waals surface area contributed by atoms with Gasteiger partial charge in [-0.05, 0) is 49.2 Å². The number of hydrogen-bond donors (Lipinski definition) is 1. The van der Waals surface area contributed by atoms with Crippen molar-refractivity contribution < 1.29 is 19.0 Å². The lowest BCUT2D eigenvalue weighted by molar-refractivity contribution is -0.0136. The molecular formula is C20H22N2O4. The number of rotatable bonds is 4. The second kappa shape index (κ2) is 7.33. The summed E-state index contributed by atoms with van der Waals surface area (Å²) >= 11 is 0. The molecule has 26 heavy (non-hydrogen) atoms. The second-order valence-electron chi connectivity index (χ2n) is 6.66. The summed E-state index contributed by atoms with van der Waals surface area (Å²) in [5, 5.41) is 3.10. The van der Waals surface area contributed by atoms with Crippen LogP contribution in [0.4, 0.5) is 0 Å². The summed E-state index contributed by atoms with van der Waals surface area (Å²) in [6, 6.07) is 9.26. The Morgan fingerprint density at radius 3 is 3.04 bits per heavy atom. The van der Waals surface area contributed by atoms with Crippen molar-refractivity contribution in [1.82, 2.24) is 10.3 Å². The molecule has 1 N–H and O–H groups in total. The molecule has 6 heteroatoms. The van der Waals surface area contributed by atoms with Gasteiger partial charge in [-0.2, -0.15) is 0 Å². The zero-order valence-electron chi connectivity index (χ0n) is 14.7. The largest absolute Gasteiger partial charge is 0.493 e. The maximum atomic E-state index is 12.7. The molecule has 0 bridgehead atoms. The van der Waals surface area contributed by atoms with E-state index in [2.05, 4.69) is 10.3 Å². The van der Waals surface area contributed by atoms with Crippen LogP contribution >= 0.6 is 0 Å². The highest BCUT2D eigenvalue weighted by Crippen LogP contribution is 2.26. The molecule has 2 aliphatic heterocycles. The van der Waals surface area contributed by atoms with E-state index in [9.17, 15) is 4.79 Å². The van der Waals surface area contributed by atoms with E-state index in [1.165, 1.54) is 0 Å². The molecule has 2 aromatic rings. The van der Waals surface area contributed by atoms with Gasteiger partial charge in [0.2, 0.25) is 0 Å². The van der Waals surface area contributed by atoms with Crippen LogP contribution in [0, 0.1) is 6.92 Å². The minimum Gasteiger partial charge on any atom is -0.493 e. The maximum Gasteiger partial charge on any atom is 0.251 e. The number of aryl methyl sites for hydroxylation is 1. The Morgan fingerprint density at radius 1 is 1.27 bits per heavy atom. The van der Waals surface area contributed by atoms with Crippen molar-refractivity contribution in [3.8, 4) is 11.5 Å². The lowest BCUT2D eigenvalue weighted by Crippen LogP contribution is -2.51. The van der Waals surface area contributed by atoms with Crippen molar-refractivity contribution in [3.63, 3.8) is 0 Å². The van der Waals surface area contributed by atoms with Crippen LogP contribution < -0.4 is 14.8 Å². The van der Waals surface area contributed by atoms with Gasteiger partial charge in [-0.3, -0.25) is 9.78 Å². The molecule has 0 saturated carbocycles. The van der Waals surface area contributed by atoms with Crippen molar-refractivity contribution in [3.05, 3.63) is 53.3 Å². The zero-order chi connectivity index (χ0) is 17.9. The summed E-state index contributed by atoms with van der Waals surface area (Å²) in [7, 11) is 0. The van der Waals surface area contributed by atoms with E-state index in [1.54, 1.807) is 12.3 Å². The van der Waals surface area contributed by atoms with Gasteiger partial charge in [0.15, 0.2) is 0 Å². The van der Waals surface area contributed by atoms with E-state index in [-0.39, 0.29) is 18.1 Å². The number of nitrogens with one attached hydrogen (secondary N) is 1. The quantitative estimate of drug-likeness (QED) is 0.912. The Bertz CT molecular complexity index is 791. The van der Waals surface area contributed by atoms with Crippen LogP contribution in [0.1, 0.15) is 28.0 Å². The number of nitrogens with zero attached hydrogens (tertiary/aromatic N) is 1. The minimum absolute atomic E-state index is 0.0952. The SMILES string of the molecule is Cc1ccc(O[C@H]2COCC[C@H]2NC(=O)c2ccc3c(c2)CCO3)cn1. The van der Waals surface area contributed by atoms with Crippen LogP contribution in [0.5, 0.6) is 11.5 Å². The van der Waals surface area contributed by atoms with E-state index >= 15 is 0 Å². The number of hydrogen-bond acceptors (Lipinski definition) is 5. The fourth-order valence-corrected chi connectivity index (χ4v) is 3.27. The monoisotopic (exact) mass is 354 g/mol. The molecule has 1 amide bonds. The summed E-state index contributed by atoms with van der Waals surface area (Å²) in [5.74, 6) is 1.46. The molecule has 1 saturated heterocycles. The minimum atomic E-state index is -0.241. The molecule has 0 aliphatic carbocycles. The Hall–Kier alpha value is -2.60. The Labute approximate surface area is 152 Å². The van der Waals surface area contributed by atoms with Gasteiger partial charge in [-0.15, -0.1) is 0 Å². The van der Waals surface area contributed by atoms with E-state index in [0.717, 1.165) is 23.4 Å². The Kier molecular flexibility index (Phi) is 4.75. The molecule has 1 aromatic heterocycles. The summed E-state index contributed by atoms with van der Waals surface area (Å²) in [6.45, 7) is 3.66. The van der Waals surface area contributed by atoms with Gasteiger partial charge in [0, 0.05) is 24.3 Å². The van der Waals surface area contributed by atoms with Gasteiger partial charge in [-0.25, -0.2) is 0 Å². The molecule has 0 unspecified atom stereocenters. The average molecular weight is 354 g/mol. The topological polar surface area (TPSA) is 69.7 Å². The van der Waals surface area contributed by atoms with Crippen LogP contribution in [0.2, 0.25) is 0 Å². The van der Waals surface area contributed by atoms with Crippen molar-refractivity contribution in [1.29, 1.82) is 0 Å².